The van der Waals surface area contributed by atoms with Crippen LogP contribution >= 0.6 is 0 Å². The maximum Gasteiger partial charge on any atom is 0.320 e. The van der Waals surface area contributed by atoms with Gasteiger partial charge in [-0.15, -0.1) is 0 Å². The second-order valence-electron chi connectivity index (χ2n) is 9.65. The number of carbonyl (C=O) groups excluding carboxylic acids is 2. The molecule has 168 valence electrons. The van der Waals surface area contributed by atoms with E-state index in [0.29, 0.717) is 18.0 Å². The first-order chi connectivity index (χ1) is 14.9. The molecule has 5 rings (SSSR count). The molecule has 0 radical (unpaired) electrons. The summed E-state index contributed by atoms with van der Waals surface area (Å²) < 4.78 is 14.2. The minimum atomic E-state index is -0.408. The van der Waals surface area contributed by atoms with E-state index >= 15 is 0 Å². The summed E-state index contributed by atoms with van der Waals surface area (Å²) in [5, 5.41) is 6.48. The van der Waals surface area contributed by atoms with Crippen LogP contribution in [0.3, 0.4) is 0 Å². The molecule has 2 N–H and O–H groups in total. The van der Waals surface area contributed by atoms with Crippen molar-refractivity contribution in [1.29, 1.82) is 0 Å². The van der Waals surface area contributed by atoms with Gasteiger partial charge in [-0.25, -0.2) is 9.18 Å². The van der Waals surface area contributed by atoms with Crippen LogP contribution in [0, 0.1) is 12.7 Å². The lowest BCUT2D eigenvalue weighted by molar-refractivity contribution is -0.122. The predicted octanol–water partition coefficient (Wildman–Crippen LogP) is 1.95. The molecule has 3 aliphatic heterocycles. The van der Waals surface area contributed by atoms with Crippen molar-refractivity contribution in [3.05, 3.63) is 29.1 Å². The Kier molecular flexibility index (Phi) is 5.28. The highest BCUT2D eigenvalue weighted by molar-refractivity contribution is 5.88. The van der Waals surface area contributed by atoms with E-state index in [9.17, 15) is 14.0 Å². The van der Waals surface area contributed by atoms with Gasteiger partial charge in [-0.2, -0.15) is 0 Å². The molecule has 7 nitrogen and oxygen atoms in total. The quantitative estimate of drug-likeness (QED) is 0.771. The molecular weight excluding hydrogens is 397 g/mol. The Balaban J connectivity index is 1.17. The van der Waals surface area contributed by atoms with E-state index in [1.165, 1.54) is 6.07 Å². The van der Waals surface area contributed by atoms with E-state index in [1.807, 2.05) is 23.8 Å². The van der Waals surface area contributed by atoms with Gasteiger partial charge in [0.1, 0.15) is 11.9 Å². The highest BCUT2D eigenvalue weighted by atomic mass is 19.1. The van der Waals surface area contributed by atoms with Gasteiger partial charge in [-0.3, -0.25) is 9.69 Å². The molecule has 1 aromatic rings. The van der Waals surface area contributed by atoms with Crippen LogP contribution in [-0.4, -0.2) is 84.0 Å². The first-order valence-electron chi connectivity index (χ1n) is 11.5. The number of fused-ring (bicyclic) bond motifs is 2. The third-order valence-corrected chi connectivity index (χ3v) is 7.59. The Morgan fingerprint density at radius 2 is 2.03 bits per heavy atom. The first-order valence-corrected chi connectivity index (χ1v) is 11.5. The maximum atomic E-state index is 14.2. The van der Waals surface area contributed by atoms with Crippen LogP contribution < -0.4 is 10.6 Å². The number of hydrogen-bond acceptors (Lipinski definition) is 4. The van der Waals surface area contributed by atoms with E-state index in [1.54, 1.807) is 6.07 Å². The molecule has 0 spiro atoms. The number of rotatable bonds is 3. The molecule has 1 aromatic carbocycles. The fourth-order valence-electron chi connectivity index (χ4n) is 5.89. The topological polar surface area (TPSA) is 67.9 Å². The van der Waals surface area contributed by atoms with E-state index in [2.05, 4.69) is 15.5 Å². The van der Waals surface area contributed by atoms with Crippen molar-refractivity contribution in [2.24, 2.45) is 0 Å². The van der Waals surface area contributed by atoms with Crippen LogP contribution in [0.25, 0.3) is 0 Å². The Labute approximate surface area is 182 Å². The Hall–Kier alpha value is -2.35. The van der Waals surface area contributed by atoms with E-state index in [0.717, 1.165) is 63.1 Å². The third kappa shape index (κ3) is 3.75. The SMILES string of the molecule is Cc1ccc(F)c2c1NC(C(=O)N[C@@H]1CCC[C@H](N3CCN4C(=O)N(C)C[C@H]4C3)C1)C2. The van der Waals surface area contributed by atoms with Crippen LogP contribution in [0.1, 0.15) is 36.8 Å². The zero-order chi connectivity index (χ0) is 21.7. The van der Waals surface area contributed by atoms with Crippen molar-refractivity contribution >= 4 is 17.6 Å². The molecule has 1 aliphatic carbocycles. The van der Waals surface area contributed by atoms with Crippen LogP contribution in [0.15, 0.2) is 12.1 Å². The number of aryl methyl sites for hydroxylation is 1. The van der Waals surface area contributed by atoms with Crippen molar-refractivity contribution in [2.75, 3.05) is 38.5 Å². The molecule has 1 unspecified atom stereocenters. The number of anilines is 1. The normalized spacial score (nSPS) is 30.7. The summed E-state index contributed by atoms with van der Waals surface area (Å²) >= 11 is 0. The summed E-state index contributed by atoms with van der Waals surface area (Å²) in [6.45, 7) is 5.34. The van der Waals surface area contributed by atoms with Crippen molar-refractivity contribution in [3.8, 4) is 0 Å². The van der Waals surface area contributed by atoms with E-state index in [-0.39, 0.29) is 29.8 Å². The molecule has 0 bridgehead atoms. The highest BCUT2D eigenvalue weighted by Crippen LogP contribution is 2.32. The van der Waals surface area contributed by atoms with Gasteiger partial charge in [-0.05, 0) is 44.2 Å². The van der Waals surface area contributed by atoms with Gasteiger partial charge in [0.2, 0.25) is 5.91 Å². The van der Waals surface area contributed by atoms with E-state index in [4.69, 9.17) is 0 Å². The van der Waals surface area contributed by atoms with Crippen LogP contribution in [0.5, 0.6) is 0 Å². The lowest BCUT2D eigenvalue weighted by atomic mass is 9.89. The molecule has 3 amide bonds. The molecule has 3 heterocycles. The van der Waals surface area contributed by atoms with Gasteiger partial charge in [0, 0.05) is 63.0 Å². The van der Waals surface area contributed by atoms with Gasteiger partial charge >= 0.3 is 6.03 Å². The largest absolute Gasteiger partial charge is 0.373 e. The molecule has 4 aliphatic rings. The summed E-state index contributed by atoms with van der Waals surface area (Å²) in [5.41, 5.74) is 2.37. The standard InChI is InChI=1S/C23H32FN5O2/c1-14-6-7-19(24)18-11-20(26-21(14)18)22(30)25-15-4-3-5-16(10-15)28-8-9-29-17(13-28)12-27(2)23(29)31/h6-7,15-17,20,26H,3-5,8-13H2,1-2H3,(H,25,30)/t15-,16+,17+,20?/m1/s1. The molecule has 0 aromatic heterocycles. The summed E-state index contributed by atoms with van der Waals surface area (Å²) in [7, 11) is 1.87. The average Bonchev–Trinajstić information content (AvgIpc) is 3.34. The molecule has 2 saturated heterocycles. The average molecular weight is 430 g/mol. The number of nitrogens with zero attached hydrogens (tertiary/aromatic N) is 3. The second kappa shape index (κ2) is 7.97. The number of carbonyl (C=O) groups is 2. The third-order valence-electron chi connectivity index (χ3n) is 7.59. The zero-order valence-electron chi connectivity index (χ0n) is 18.4. The molecule has 1 saturated carbocycles. The van der Waals surface area contributed by atoms with Gasteiger partial charge in [0.15, 0.2) is 0 Å². The van der Waals surface area contributed by atoms with Crippen LogP contribution in [-0.2, 0) is 11.2 Å². The molecule has 3 fully saturated rings. The fourth-order valence-corrected chi connectivity index (χ4v) is 5.89. The molecule has 8 heteroatoms. The van der Waals surface area contributed by atoms with Gasteiger partial charge in [0.25, 0.3) is 0 Å². The van der Waals surface area contributed by atoms with Crippen LogP contribution in [0.2, 0.25) is 0 Å². The van der Waals surface area contributed by atoms with Gasteiger partial charge < -0.3 is 20.4 Å². The van der Waals surface area contributed by atoms with Crippen LogP contribution in [0.4, 0.5) is 14.9 Å². The lowest BCUT2D eigenvalue weighted by Crippen LogP contribution is -2.57. The van der Waals surface area contributed by atoms with Gasteiger partial charge in [-0.1, -0.05) is 6.07 Å². The Morgan fingerprint density at radius 3 is 2.84 bits per heavy atom. The molecule has 4 atom stereocenters. The Bertz CT molecular complexity index is 862. The number of amides is 3. The lowest BCUT2D eigenvalue weighted by Gasteiger charge is -2.43. The smallest absolute Gasteiger partial charge is 0.320 e. The van der Waals surface area contributed by atoms with Crippen molar-refractivity contribution < 1.29 is 14.0 Å². The minimum Gasteiger partial charge on any atom is -0.373 e. The number of benzene rings is 1. The number of hydrogen-bond donors (Lipinski definition) is 2. The number of halogens is 1. The number of likely N-dealkylation sites (N-methyl/N-ethyl adjacent to an activating group) is 1. The van der Waals surface area contributed by atoms with Crippen molar-refractivity contribution in [1.82, 2.24) is 20.0 Å². The Morgan fingerprint density at radius 1 is 1.19 bits per heavy atom. The summed E-state index contributed by atoms with van der Waals surface area (Å²) in [4.78, 5) is 31.5. The van der Waals surface area contributed by atoms with Gasteiger partial charge in [0.05, 0.1) is 6.04 Å². The number of piperazine rings is 1. The van der Waals surface area contributed by atoms with Crippen molar-refractivity contribution in [2.45, 2.75) is 63.2 Å². The monoisotopic (exact) mass is 429 g/mol. The summed E-state index contributed by atoms with van der Waals surface area (Å²) in [6.07, 6.45) is 4.55. The number of urea groups is 1. The predicted molar refractivity (Wildman–Crippen MR) is 117 cm³/mol. The fraction of sp³-hybridized carbons (Fsp3) is 0.652. The zero-order valence-corrected chi connectivity index (χ0v) is 18.4. The highest BCUT2D eigenvalue weighted by Gasteiger charge is 2.41. The summed E-state index contributed by atoms with van der Waals surface area (Å²) in [5.74, 6) is -0.273. The maximum absolute atomic E-state index is 14.2. The number of nitrogens with one attached hydrogen (secondary N) is 2. The minimum absolute atomic E-state index is 0.0338. The first kappa shape index (κ1) is 20.5. The van der Waals surface area contributed by atoms with E-state index < -0.39 is 6.04 Å². The van der Waals surface area contributed by atoms with Crippen molar-refractivity contribution in [3.63, 3.8) is 0 Å². The molecule has 31 heavy (non-hydrogen) atoms. The summed E-state index contributed by atoms with van der Waals surface area (Å²) in [6, 6.07) is 3.84. The molecular formula is C23H32FN5O2. The second-order valence-corrected chi connectivity index (χ2v) is 9.65.